The van der Waals surface area contributed by atoms with Crippen molar-refractivity contribution in [3.8, 4) is 0 Å². The lowest BCUT2D eigenvalue weighted by molar-refractivity contribution is 0.197. The quantitative estimate of drug-likeness (QED) is 0.440. The largest absolute Gasteiger partial charge is 0.385 e. The van der Waals surface area contributed by atoms with Gasteiger partial charge < -0.3 is 15.4 Å². The van der Waals surface area contributed by atoms with Crippen LogP contribution in [0.25, 0.3) is 0 Å². The molecule has 0 aliphatic carbocycles. The van der Waals surface area contributed by atoms with Gasteiger partial charge in [-0.25, -0.2) is 0 Å². The van der Waals surface area contributed by atoms with Gasteiger partial charge in [0.25, 0.3) is 0 Å². The minimum atomic E-state index is 0.741. The molecule has 1 aromatic carbocycles. The third-order valence-electron chi connectivity index (χ3n) is 2.72. The summed E-state index contributed by atoms with van der Waals surface area (Å²) < 4.78 is 5.01. The zero-order chi connectivity index (χ0) is 14.6. The zero-order valence-corrected chi connectivity index (χ0v) is 13.0. The van der Waals surface area contributed by atoms with Crippen molar-refractivity contribution in [2.75, 3.05) is 33.4 Å². The van der Waals surface area contributed by atoms with Crippen molar-refractivity contribution < 1.29 is 4.74 Å². The Morgan fingerprint density at radius 1 is 1.35 bits per heavy atom. The number of nitrogens with one attached hydrogen (secondary N) is 2. The number of hydrogen-bond acceptors (Lipinski definition) is 2. The molecule has 0 amide bonds. The Balaban J connectivity index is 2.34. The van der Waals surface area contributed by atoms with Crippen molar-refractivity contribution in [3.63, 3.8) is 0 Å². The fourth-order valence-electron chi connectivity index (χ4n) is 1.76. The predicted molar refractivity (Wildman–Crippen MR) is 85.6 cm³/mol. The van der Waals surface area contributed by atoms with Gasteiger partial charge in [-0.15, -0.1) is 0 Å². The summed E-state index contributed by atoms with van der Waals surface area (Å²) in [5, 5.41) is 7.33. The van der Waals surface area contributed by atoms with Crippen LogP contribution in [-0.2, 0) is 11.2 Å². The highest BCUT2D eigenvalue weighted by molar-refractivity contribution is 6.30. The van der Waals surface area contributed by atoms with Crippen LogP contribution in [0.2, 0.25) is 5.02 Å². The van der Waals surface area contributed by atoms with E-state index < -0.39 is 0 Å². The van der Waals surface area contributed by atoms with Crippen LogP contribution in [0, 0.1) is 0 Å². The topological polar surface area (TPSA) is 45.7 Å². The predicted octanol–water partition coefficient (Wildman–Crippen LogP) is 2.47. The Morgan fingerprint density at radius 2 is 2.20 bits per heavy atom. The van der Waals surface area contributed by atoms with E-state index in [0.29, 0.717) is 0 Å². The third kappa shape index (κ3) is 7.36. The van der Waals surface area contributed by atoms with Gasteiger partial charge in [0, 0.05) is 38.4 Å². The minimum absolute atomic E-state index is 0.741. The Kier molecular flexibility index (Phi) is 8.83. The van der Waals surface area contributed by atoms with E-state index in [4.69, 9.17) is 16.3 Å². The lowest BCUT2D eigenvalue weighted by atomic mass is 10.1. The van der Waals surface area contributed by atoms with Gasteiger partial charge in [-0.3, -0.25) is 4.99 Å². The molecular formula is C15H24ClN3O. The van der Waals surface area contributed by atoms with Crippen LogP contribution in [0.15, 0.2) is 29.3 Å². The van der Waals surface area contributed by atoms with Crippen LogP contribution >= 0.6 is 11.6 Å². The van der Waals surface area contributed by atoms with Crippen LogP contribution in [0.5, 0.6) is 0 Å². The van der Waals surface area contributed by atoms with Crippen LogP contribution < -0.4 is 10.6 Å². The first-order valence-corrected chi connectivity index (χ1v) is 7.39. The number of nitrogens with zero attached hydrogens (tertiary/aromatic N) is 1. The number of halogens is 1. The molecular weight excluding hydrogens is 274 g/mol. The van der Waals surface area contributed by atoms with E-state index in [0.717, 1.165) is 50.1 Å². The lowest BCUT2D eigenvalue weighted by Crippen LogP contribution is -2.38. The maximum atomic E-state index is 5.97. The molecule has 4 nitrogen and oxygen atoms in total. The summed E-state index contributed by atoms with van der Waals surface area (Å²) in [7, 11) is 1.71. The average molecular weight is 298 g/mol. The second-order valence-electron chi connectivity index (χ2n) is 4.41. The number of rotatable bonds is 8. The monoisotopic (exact) mass is 297 g/mol. The van der Waals surface area contributed by atoms with E-state index in [1.165, 1.54) is 5.56 Å². The second-order valence-corrected chi connectivity index (χ2v) is 4.85. The van der Waals surface area contributed by atoms with Crippen LogP contribution in [0.3, 0.4) is 0 Å². The molecule has 0 radical (unpaired) electrons. The highest BCUT2D eigenvalue weighted by Crippen LogP contribution is 2.10. The van der Waals surface area contributed by atoms with Gasteiger partial charge >= 0.3 is 0 Å². The van der Waals surface area contributed by atoms with E-state index in [1.807, 2.05) is 18.2 Å². The molecule has 1 rings (SSSR count). The lowest BCUT2D eigenvalue weighted by Gasteiger charge is -2.11. The van der Waals surface area contributed by atoms with Gasteiger partial charge in [-0.1, -0.05) is 23.7 Å². The Hall–Kier alpha value is -1.26. The molecule has 0 unspecified atom stereocenters. The van der Waals surface area contributed by atoms with Gasteiger partial charge in [-0.05, 0) is 37.5 Å². The number of methoxy groups -OCH3 is 1. The van der Waals surface area contributed by atoms with Crippen LogP contribution in [0.1, 0.15) is 18.9 Å². The third-order valence-corrected chi connectivity index (χ3v) is 2.95. The van der Waals surface area contributed by atoms with Gasteiger partial charge in [-0.2, -0.15) is 0 Å². The molecule has 0 fully saturated rings. The molecule has 0 aliphatic rings. The van der Waals surface area contributed by atoms with E-state index in [9.17, 15) is 0 Å². The molecule has 0 saturated carbocycles. The second kappa shape index (κ2) is 10.5. The van der Waals surface area contributed by atoms with Gasteiger partial charge in [0.1, 0.15) is 0 Å². The fourth-order valence-corrected chi connectivity index (χ4v) is 1.97. The number of ether oxygens (including phenoxy) is 1. The van der Waals surface area contributed by atoms with Crippen molar-refractivity contribution in [1.82, 2.24) is 10.6 Å². The van der Waals surface area contributed by atoms with Crippen LogP contribution in [-0.4, -0.2) is 39.3 Å². The van der Waals surface area contributed by atoms with Gasteiger partial charge in [0.05, 0.1) is 0 Å². The molecule has 0 heterocycles. The average Bonchev–Trinajstić information content (AvgIpc) is 2.43. The molecule has 0 saturated heterocycles. The first-order chi connectivity index (χ1) is 9.76. The molecule has 20 heavy (non-hydrogen) atoms. The van der Waals surface area contributed by atoms with Crippen molar-refractivity contribution >= 4 is 17.6 Å². The summed E-state index contributed by atoms with van der Waals surface area (Å²) >= 11 is 5.97. The molecule has 2 N–H and O–H groups in total. The molecule has 0 bridgehead atoms. The normalized spacial score (nSPS) is 11.4. The van der Waals surface area contributed by atoms with E-state index in [1.54, 1.807) is 7.11 Å². The molecule has 0 spiro atoms. The smallest absolute Gasteiger partial charge is 0.191 e. The summed E-state index contributed by atoms with van der Waals surface area (Å²) in [6, 6.07) is 7.93. The maximum Gasteiger partial charge on any atom is 0.191 e. The first kappa shape index (κ1) is 16.8. The highest BCUT2D eigenvalue weighted by atomic mass is 35.5. The Bertz CT molecular complexity index is 410. The molecule has 0 atom stereocenters. The molecule has 5 heteroatoms. The molecule has 0 aromatic heterocycles. The van der Waals surface area contributed by atoms with Gasteiger partial charge in [0.15, 0.2) is 5.96 Å². The Morgan fingerprint density at radius 3 is 2.90 bits per heavy atom. The van der Waals surface area contributed by atoms with E-state index in [2.05, 4.69) is 28.6 Å². The van der Waals surface area contributed by atoms with Crippen molar-refractivity contribution in [1.29, 1.82) is 0 Å². The van der Waals surface area contributed by atoms with E-state index >= 15 is 0 Å². The van der Waals surface area contributed by atoms with E-state index in [-0.39, 0.29) is 0 Å². The summed E-state index contributed by atoms with van der Waals surface area (Å²) in [6.07, 6.45) is 1.85. The maximum absolute atomic E-state index is 5.97. The molecule has 1 aromatic rings. The SMILES string of the molecule is CCNC(=NCCCOC)NCCc1cccc(Cl)c1. The number of guanidine groups is 1. The zero-order valence-electron chi connectivity index (χ0n) is 12.3. The standard InChI is InChI=1S/C15H24ClN3O/c1-3-17-15(18-9-5-11-20-2)19-10-8-13-6-4-7-14(16)12-13/h4,6-7,12H,3,5,8-11H2,1-2H3,(H2,17,18,19). The highest BCUT2D eigenvalue weighted by Gasteiger charge is 1.98. The summed E-state index contributed by atoms with van der Waals surface area (Å²) in [4.78, 5) is 4.49. The molecule has 0 aliphatic heterocycles. The number of aliphatic imine (C=N–C) groups is 1. The first-order valence-electron chi connectivity index (χ1n) is 7.01. The van der Waals surface area contributed by atoms with Crippen LogP contribution in [0.4, 0.5) is 0 Å². The Labute approximate surface area is 126 Å². The van der Waals surface area contributed by atoms with Gasteiger partial charge in [0.2, 0.25) is 0 Å². The summed E-state index contributed by atoms with van der Waals surface area (Å²) in [5.74, 6) is 0.852. The summed E-state index contributed by atoms with van der Waals surface area (Å²) in [5.41, 5.74) is 1.22. The number of benzene rings is 1. The minimum Gasteiger partial charge on any atom is -0.385 e. The van der Waals surface area contributed by atoms with Crippen molar-refractivity contribution in [3.05, 3.63) is 34.9 Å². The van der Waals surface area contributed by atoms with Crippen molar-refractivity contribution in [2.24, 2.45) is 4.99 Å². The van der Waals surface area contributed by atoms with Crippen molar-refractivity contribution in [2.45, 2.75) is 19.8 Å². The number of hydrogen-bond donors (Lipinski definition) is 2. The summed E-state index contributed by atoms with van der Waals surface area (Å²) in [6.45, 7) is 5.25. The fraction of sp³-hybridized carbons (Fsp3) is 0.533. The molecule has 112 valence electrons.